The zero-order valence-corrected chi connectivity index (χ0v) is 11.2. The molecule has 0 saturated carbocycles. The van der Waals surface area contributed by atoms with Gasteiger partial charge in [-0.15, -0.1) is 0 Å². The average molecular weight is 343 g/mol. The minimum atomic E-state index is -3.17. The molecule has 0 aliphatic heterocycles. The SMILES string of the molecule is O=S(=O)(CBr)NCc1ccc(Br)cc1. The number of alkyl halides is 1. The summed E-state index contributed by atoms with van der Waals surface area (Å²) in [4.78, 5) is 0. The number of benzene rings is 1. The van der Waals surface area contributed by atoms with Crippen molar-refractivity contribution in [3.05, 3.63) is 34.3 Å². The standard InChI is InChI=1S/C8H9Br2NO2S/c9-6-14(12,13)11-5-7-1-3-8(10)4-2-7/h1-4,11H,5-6H2. The number of hydrogen-bond acceptors (Lipinski definition) is 2. The molecule has 0 aliphatic carbocycles. The van der Waals surface area contributed by atoms with Gasteiger partial charge in [-0.25, -0.2) is 13.1 Å². The topological polar surface area (TPSA) is 46.2 Å². The second kappa shape index (κ2) is 5.25. The van der Waals surface area contributed by atoms with Crippen LogP contribution >= 0.6 is 31.9 Å². The molecule has 0 saturated heterocycles. The Labute approximate surface area is 100 Å². The van der Waals surface area contributed by atoms with E-state index in [9.17, 15) is 8.42 Å². The quantitative estimate of drug-likeness (QED) is 0.853. The molecule has 1 aromatic rings. The largest absolute Gasteiger partial charge is 0.221 e. The molecule has 0 spiro atoms. The van der Waals surface area contributed by atoms with E-state index >= 15 is 0 Å². The van der Waals surface area contributed by atoms with Crippen LogP contribution in [0.15, 0.2) is 28.7 Å². The molecule has 1 N–H and O–H groups in total. The first-order valence-corrected chi connectivity index (χ1v) is 7.38. The van der Waals surface area contributed by atoms with Crippen LogP contribution in [0.2, 0.25) is 0 Å². The minimum Gasteiger partial charge on any atom is -0.212 e. The van der Waals surface area contributed by atoms with E-state index in [1.54, 1.807) is 0 Å². The molecule has 0 aliphatic rings. The molecule has 0 bridgehead atoms. The molecule has 0 heterocycles. The van der Waals surface area contributed by atoms with Crippen molar-refractivity contribution in [2.24, 2.45) is 0 Å². The van der Waals surface area contributed by atoms with Crippen LogP contribution in [-0.2, 0) is 16.6 Å². The predicted octanol–water partition coefficient (Wildman–Crippen LogP) is 2.22. The third-order valence-electron chi connectivity index (χ3n) is 1.55. The summed E-state index contributed by atoms with van der Waals surface area (Å²) in [6, 6.07) is 7.47. The molecule has 3 nitrogen and oxygen atoms in total. The van der Waals surface area contributed by atoms with Crippen molar-refractivity contribution in [3.8, 4) is 0 Å². The normalized spacial score (nSPS) is 11.6. The highest BCUT2D eigenvalue weighted by molar-refractivity contribution is 9.10. The van der Waals surface area contributed by atoms with Crippen molar-refractivity contribution in [1.82, 2.24) is 4.72 Å². The lowest BCUT2D eigenvalue weighted by Crippen LogP contribution is -2.23. The van der Waals surface area contributed by atoms with Crippen LogP contribution in [0.4, 0.5) is 0 Å². The average Bonchev–Trinajstić information content (AvgIpc) is 2.17. The summed E-state index contributed by atoms with van der Waals surface area (Å²) in [5.41, 5.74) is 0.928. The van der Waals surface area contributed by atoms with E-state index in [0.717, 1.165) is 10.0 Å². The number of rotatable bonds is 4. The smallest absolute Gasteiger partial charge is 0.212 e. The van der Waals surface area contributed by atoms with Crippen LogP contribution in [0.25, 0.3) is 0 Å². The summed E-state index contributed by atoms with van der Waals surface area (Å²) < 4.78 is 25.5. The van der Waals surface area contributed by atoms with Crippen LogP contribution in [0.3, 0.4) is 0 Å². The summed E-state index contributed by atoms with van der Waals surface area (Å²) in [6.45, 7) is 0.321. The van der Waals surface area contributed by atoms with Gasteiger partial charge in [0.25, 0.3) is 0 Å². The summed E-state index contributed by atoms with van der Waals surface area (Å²) in [5.74, 6) is 0. The molecular formula is C8H9Br2NO2S. The second-order valence-electron chi connectivity index (χ2n) is 2.67. The van der Waals surface area contributed by atoms with E-state index in [2.05, 4.69) is 36.6 Å². The Kier molecular flexibility index (Phi) is 4.56. The fourth-order valence-corrected chi connectivity index (χ4v) is 2.05. The fourth-order valence-electron chi connectivity index (χ4n) is 0.834. The molecule has 0 unspecified atom stereocenters. The van der Waals surface area contributed by atoms with Crippen LogP contribution in [0.5, 0.6) is 0 Å². The number of sulfonamides is 1. The molecule has 0 aromatic heterocycles. The first kappa shape index (κ1) is 12.2. The van der Waals surface area contributed by atoms with Crippen molar-refractivity contribution in [3.63, 3.8) is 0 Å². The van der Waals surface area contributed by atoms with Crippen LogP contribution in [-0.4, -0.2) is 13.1 Å². The maximum absolute atomic E-state index is 11.1. The first-order valence-electron chi connectivity index (χ1n) is 3.81. The molecule has 78 valence electrons. The molecule has 6 heteroatoms. The highest BCUT2D eigenvalue weighted by atomic mass is 79.9. The van der Waals surface area contributed by atoms with Gasteiger partial charge in [0, 0.05) is 11.0 Å². The highest BCUT2D eigenvalue weighted by Gasteiger charge is 2.06. The van der Waals surface area contributed by atoms with Gasteiger partial charge in [-0.1, -0.05) is 44.0 Å². The summed E-state index contributed by atoms with van der Waals surface area (Å²) in [5, 5.41) is 0. The summed E-state index contributed by atoms with van der Waals surface area (Å²) >= 11 is 6.20. The van der Waals surface area contributed by atoms with Gasteiger partial charge in [-0.05, 0) is 17.7 Å². The maximum atomic E-state index is 11.1. The van der Waals surface area contributed by atoms with E-state index in [1.165, 1.54) is 0 Å². The minimum absolute atomic E-state index is 0.0729. The number of hydrogen-bond donors (Lipinski definition) is 1. The Morgan fingerprint density at radius 3 is 2.29 bits per heavy atom. The fraction of sp³-hybridized carbons (Fsp3) is 0.250. The van der Waals surface area contributed by atoms with Gasteiger partial charge in [0.15, 0.2) is 0 Å². The molecule has 0 atom stereocenters. The van der Waals surface area contributed by atoms with Gasteiger partial charge < -0.3 is 0 Å². The van der Waals surface area contributed by atoms with Crippen LogP contribution in [0.1, 0.15) is 5.56 Å². The lowest BCUT2D eigenvalue weighted by Gasteiger charge is -2.03. The van der Waals surface area contributed by atoms with Crippen molar-refractivity contribution in [2.75, 3.05) is 4.66 Å². The molecule has 14 heavy (non-hydrogen) atoms. The molecular weight excluding hydrogens is 334 g/mol. The predicted molar refractivity (Wildman–Crippen MR) is 63.7 cm³/mol. The van der Waals surface area contributed by atoms with E-state index in [4.69, 9.17) is 0 Å². The Hall–Kier alpha value is 0.0900. The van der Waals surface area contributed by atoms with Crippen molar-refractivity contribution in [1.29, 1.82) is 0 Å². The molecule has 0 fully saturated rings. The van der Waals surface area contributed by atoms with E-state index in [0.29, 0.717) is 6.54 Å². The number of halogens is 2. The molecule has 1 rings (SSSR count). The Balaban J connectivity index is 2.59. The van der Waals surface area contributed by atoms with E-state index in [-0.39, 0.29) is 4.66 Å². The Morgan fingerprint density at radius 1 is 1.21 bits per heavy atom. The number of nitrogens with one attached hydrogen (secondary N) is 1. The maximum Gasteiger partial charge on any atom is 0.221 e. The Morgan fingerprint density at radius 2 is 1.79 bits per heavy atom. The van der Waals surface area contributed by atoms with Gasteiger partial charge in [-0.2, -0.15) is 0 Å². The van der Waals surface area contributed by atoms with Gasteiger partial charge in [0.1, 0.15) is 4.66 Å². The van der Waals surface area contributed by atoms with Crippen molar-refractivity contribution < 1.29 is 8.42 Å². The summed E-state index contributed by atoms with van der Waals surface area (Å²) in [7, 11) is -3.17. The van der Waals surface area contributed by atoms with Gasteiger partial charge in [0.05, 0.1) is 0 Å². The third kappa shape index (κ3) is 4.08. The monoisotopic (exact) mass is 341 g/mol. The van der Waals surface area contributed by atoms with E-state index < -0.39 is 10.0 Å². The van der Waals surface area contributed by atoms with Crippen molar-refractivity contribution in [2.45, 2.75) is 6.54 Å². The zero-order chi connectivity index (χ0) is 10.6. The molecule has 1 aromatic carbocycles. The van der Waals surface area contributed by atoms with Crippen LogP contribution < -0.4 is 4.72 Å². The second-order valence-corrected chi connectivity index (χ2v) is 6.70. The molecule has 0 radical (unpaired) electrons. The van der Waals surface area contributed by atoms with Gasteiger partial charge >= 0.3 is 0 Å². The zero-order valence-electron chi connectivity index (χ0n) is 7.20. The lowest BCUT2D eigenvalue weighted by atomic mass is 10.2. The molecule has 0 amide bonds. The van der Waals surface area contributed by atoms with Gasteiger partial charge in [0.2, 0.25) is 10.0 Å². The van der Waals surface area contributed by atoms with Crippen LogP contribution in [0, 0.1) is 0 Å². The highest BCUT2D eigenvalue weighted by Crippen LogP contribution is 2.10. The van der Waals surface area contributed by atoms with Crippen molar-refractivity contribution >= 4 is 41.9 Å². The Bertz CT molecular complexity index is 388. The van der Waals surface area contributed by atoms with Gasteiger partial charge in [-0.3, -0.25) is 0 Å². The third-order valence-corrected chi connectivity index (χ3v) is 4.76. The van der Waals surface area contributed by atoms with E-state index in [1.807, 2.05) is 24.3 Å². The lowest BCUT2D eigenvalue weighted by molar-refractivity contribution is 0.586. The summed E-state index contributed by atoms with van der Waals surface area (Å²) in [6.07, 6.45) is 0. The first-order chi connectivity index (χ1) is 6.53.